The number of rotatable bonds is 4. The standard InChI is InChI=1S/C15H20N4OS2/c1-11-4-2-3-5-13(11)16-14-17-19(15(21)22-14)10-18-8-6-12(20)7-9-18/h2-5,12,20H,6-10H2,1H3,(H,16,17)/p+1. The first-order valence-corrected chi connectivity index (χ1v) is 8.76. The second-order valence-corrected chi connectivity index (χ2v) is 7.37. The summed E-state index contributed by atoms with van der Waals surface area (Å²) in [6.07, 6.45) is 1.59. The van der Waals surface area contributed by atoms with Gasteiger partial charge in [0.25, 0.3) is 0 Å². The highest BCUT2D eigenvalue weighted by molar-refractivity contribution is 7.73. The maximum atomic E-state index is 9.58. The Morgan fingerprint density at radius 3 is 2.86 bits per heavy atom. The number of nitrogens with one attached hydrogen (secondary N) is 2. The van der Waals surface area contributed by atoms with E-state index >= 15 is 0 Å². The molecule has 0 amide bonds. The summed E-state index contributed by atoms with van der Waals surface area (Å²) in [6, 6.07) is 8.15. The van der Waals surface area contributed by atoms with Crippen molar-refractivity contribution in [1.82, 2.24) is 9.78 Å². The average molecular weight is 337 g/mol. The molecule has 2 aromatic rings. The van der Waals surface area contributed by atoms with Crippen LogP contribution in [-0.4, -0.2) is 34.1 Å². The molecule has 3 N–H and O–H groups in total. The molecule has 3 rings (SSSR count). The Kier molecular flexibility index (Phi) is 4.87. The third-order valence-corrected chi connectivity index (χ3v) is 5.25. The fourth-order valence-electron chi connectivity index (χ4n) is 2.67. The van der Waals surface area contributed by atoms with Crippen molar-refractivity contribution in [1.29, 1.82) is 0 Å². The van der Waals surface area contributed by atoms with Gasteiger partial charge in [-0.25, -0.2) is 0 Å². The summed E-state index contributed by atoms with van der Waals surface area (Å²) in [7, 11) is 0. The van der Waals surface area contributed by atoms with Crippen molar-refractivity contribution < 1.29 is 10.0 Å². The van der Waals surface area contributed by atoms with Gasteiger partial charge in [-0.1, -0.05) is 29.5 Å². The predicted octanol–water partition coefficient (Wildman–Crippen LogP) is 1.72. The van der Waals surface area contributed by atoms with Crippen molar-refractivity contribution in [2.45, 2.75) is 32.5 Å². The number of hydrogen-bond donors (Lipinski definition) is 3. The van der Waals surface area contributed by atoms with Gasteiger partial charge in [-0.15, -0.1) is 5.10 Å². The first kappa shape index (κ1) is 15.6. The van der Waals surface area contributed by atoms with Crippen molar-refractivity contribution in [3.63, 3.8) is 0 Å². The highest BCUT2D eigenvalue weighted by Gasteiger charge is 2.21. The van der Waals surface area contributed by atoms with Gasteiger partial charge in [-0.3, -0.25) is 0 Å². The number of hydrogen-bond acceptors (Lipinski definition) is 5. The lowest BCUT2D eigenvalue weighted by Crippen LogP contribution is -3.12. The molecule has 1 aliphatic rings. The minimum atomic E-state index is -0.134. The number of aryl methyl sites for hydroxylation is 1. The molecule has 0 atom stereocenters. The van der Waals surface area contributed by atoms with Crippen LogP contribution in [0.25, 0.3) is 0 Å². The molecular formula is C15H21N4OS2+. The molecule has 0 spiro atoms. The first-order valence-electron chi connectivity index (χ1n) is 7.54. The maximum Gasteiger partial charge on any atom is 0.209 e. The number of aliphatic hydroxyl groups is 1. The Morgan fingerprint density at radius 2 is 2.14 bits per heavy atom. The van der Waals surface area contributed by atoms with Crippen molar-refractivity contribution >= 4 is 34.4 Å². The fourth-order valence-corrected chi connectivity index (χ4v) is 3.68. The Labute approximate surface area is 139 Å². The number of piperidine rings is 1. The monoisotopic (exact) mass is 337 g/mol. The molecule has 0 bridgehead atoms. The van der Waals surface area contributed by atoms with E-state index in [-0.39, 0.29) is 6.10 Å². The van der Waals surface area contributed by atoms with Gasteiger partial charge in [0.15, 0.2) is 10.6 Å². The van der Waals surface area contributed by atoms with Gasteiger partial charge in [-0.05, 0) is 30.8 Å². The lowest BCUT2D eigenvalue weighted by molar-refractivity contribution is -0.929. The molecule has 0 saturated carbocycles. The number of quaternary nitrogens is 1. The van der Waals surface area contributed by atoms with Crippen LogP contribution < -0.4 is 10.2 Å². The summed E-state index contributed by atoms with van der Waals surface area (Å²) in [5, 5.41) is 18.4. The lowest BCUT2D eigenvalue weighted by Gasteiger charge is -2.26. The number of para-hydroxylation sites is 1. The van der Waals surface area contributed by atoms with E-state index in [1.165, 1.54) is 21.8 Å². The normalized spacial score (nSPS) is 21.7. The molecule has 5 nitrogen and oxygen atoms in total. The zero-order chi connectivity index (χ0) is 15.5. The molecule has 0 radical (unpaired) electrons. The van der Waals surface area contributed by atoms with Crippen LogP contribution >= 0.6 is 23.6 Å². The van der Waals surface area contributed by atoms with Crippen LogP contribution in [0.15, 0.2) is 24.3 Å². The number of benzene rings is 1. The van der Waals surface area contributed by atoms with E-state index in [1.54, 1.807) is 0 Å². The summed E-state index contributed by atoms with van der Waals surface area (Å²) in [5.41, 5.74) is 2.25. The number of nitrogens with zero attached hydrogens (tertiary/aromatic N) is 2. The average Bonchev–Trinajstić information content (AvgIpc) is 2.84. The van der Waals surface area contributed by atoms with Gasteiger partial charge in [0, 0.05) is 18.5 Å². The molecule has 118 valence electrons. The van der Waals surface area contributed by atoms with Crippen LogP contribution in [0.1, 0.15) is 18.4 Å². The second-order valence-electron chi connectivity index (χ2n) is 5.75. The molecule has 2 heterocycles. The maximum absolute atomic E-state index is 9.58. The number of aliphatic hydroxyl groups excluding tert-OH is 1. The summed E-state index contributed by atoms with van der Waals surface area (Å²) in [4.78, 5) is 1.43. The van der Waals surface area contributed by atoms with E-state index in [9.17, 15) is 5.11 Å². The van der Waals surface area contributed by atoms with Gasteiger partial charge in [0.2, 0.25) is 5.13 Å². The minimum Gasteiger partial charge on any atom is -0.393 e. The zero-order valence-electron chi connectivity index (χ0n) is 12.6. The SMILES string of the molecule is Cc1ccccc1Nc1nn(C[NH+]2CCC(O)CC2)c(=S)s1. The van der Waals surface area contributed by atoms with Crippen LogP contribution in [0.2, 0.25) is 0 Å². The zero-order valence-corrected chi connectivity index (χ0v) is 14.2. The summed E-state index contributed by atoms with van der Waals surface area (Å²) >= 11 is 6.93. The molecular weight excluding hydrogens is 316 g/mol. The predicted molar refractivity (Wildman–Crippen MR) is 91.3 cm³/mol. The van der Waals surface area contributed by atoms with E-state index in [0.717, 1.165) is 47.4 Å². The molecule has 1 fully saturated rings. The van der Waals surface area contributed by atoms with Crippen LogP contribution in [0.3, 0.4) is 0 Å². The molecule has 1 aromatic carbocycles. The molecule has 1 saturated heterocycles. The van der Waals surface area contributed by atoms with Gasteiger partial charge in [0.1, 0.15) is 0 Å². The Bertz CT molecular complexity index is 689. The van der Waals surface area contributed by atoms with Crippen molar-refractivity contribution in [2.75, 3.05) is 18.4 Å². The summed E-state index contributed by atoms with van der Waals surface area (Å²) in [5.74, 6) is 0. The molecule has 0 unspecified atom stereocenters. The van der Waals surface area contributed by atoms with Crippen molar-refractivity contribution in [3.05, 3.63) is 33.8 Å². The Balaban J connectivity index is 1.69. The van der Waals surface area contributed by atoms with Gasteiger partial charge in [-0.2, -0.15) is 4.68 Å². The summed E-state index contributed by atoms with van der Waals surface area (Å²) in [6.45, 7) is 4.79. The smallest absolute Gasteiger partial charge is 0.209 e. The fraction of sp³-hybridized carbons (Fsp3) is 0.467. The minimum absolute atomic E-state index is 0.134. The van der Waals surface area contributed by atoms with E-state index in [2.05, 4.69) is 23.4 Å². The van der Waals surface area contributed by atoms with Crippen LogP contribution in [0, 0.1) is 10.9 Å². The van der Waals surface area contributed by atoms with Crippen molar-refractivity contribution in [3.8, 4) is 0 Å². The second kappa shape index (κ2) is 6.87. The van der Waals surface area contributed by atoms with Gasteiger partial charge >= 0.3 is 0 Å². The van der Waals surface area contributed by atoms with E-state index in [1.807, 2.05) is 22.9 Å². The highest BCUT2D eigenvalue weighted by atomic mass is 32.1. The lowest BCUT2D eigenvalue weighted by atomic mass is 10.1. The molecule has 7 heteroatoms. The van der Waals surface area contributed by atoms with E-state index in [4.69, 9.17) is 12.2 Å². The van der Waals surface area contributed by atoms with E-state index in [0.29, 0.717) is 0 Å². The summed E-state index contributed by atoms with van der Waals surface area (Å²) < 4.78 is 2.68. The molecule has 0 aliphatic carbocycles. The third-order valence-electron chi connectivity index (χ3n) is 4.03. The number of likely N-dealkylation sites (tertiary alicyclic amines) is 1. The van der Waals surface area contributed by atoms with Crippen LogP contribution in [-0.2, 0) is 6.67 Å². The molecule has 1 aliphatic heterocycles. The number of aromatic nitrogens is 2. The number of anilines is 2. The molecule has 1 aromatic heterocycles. The van der Waals surface area contributed by atoms with Gasteiger partial charge < -0.3 is 15.3 Å². The Hall–Kier alpha value is -1.28. The first-order chi connectivity index (χ1) is 10.6. The van der Waals surface area contributed by atoms with Crippen molar-refractivity contribution in [2.24, 2.45) is 0 Å². The Morgan fingerprint density at radius 1 is 1.41 bits per heavy atom. The van der Waals surface area contributed by atoms with E-state index < -0.39 is 0 Å². The van der Waals surface area contributed by atoms with Gasteiger partial charge in [0.05, 0.1) is 19.2 Å². The third kappa shape index (κ3) is 3.73. The topological polar surface area (TPSA) is 54.5 Å². The highest BCUT2D eigenvalue weighted by Crippen LogP contribution is 2.22. The van der Waals surface area contributed by atoms with Crippen LogP contribution in [0.4, 0.5) is 10.8 Å². The molecule has 22 heavy (non-hydrogen) atoms. The van der Waals surface area contributed by atoms with Crippen LogP contribution in [0.5, 0.6) is 0 Å². The quantitative estimate of drug-likeness (QED) is 0.744. The largest absolute Gasteiger partial charge is 0.393 e.